The van der Waals surface area contributed by atoms with Crippen LogP contribution in [0, 0.1) is 6.92 Å². The number of nitrogens with zero attached hydrogens (tertiary/aromatic N) is 2. The van der Waals surface area contributed by atoms with Gasteiger partial charge < -0.3 is 14.1 Å². The zero-order valence-corrected chi connectivity index (χ0v) is 15.2. The molecule has 0 radical (unpaired) electrons. The lowest BCUT2D eigenvalue weighted by atomic mass is 10.2. The number of carbonyl (C=O) groups excluding carboxylic acids is 1. The number of amides is 1. The lowest BCUT2D eigenvalue weighted by Crippen LogP contribution is -2.48. The minimum Gasteiger partial charge on any atom is -0.497 e. The van der Waals surface area contributed by atoms with Crippen LogP contribution < -0.4 is 4.74 Å². The van der Waals surface area contributed by atoms with Crippen molar-refractivity contribution in [2.45, 2.75) is 19.1 Å². The van der Waals surface area contributed by atoms with Crippen LogP contribution in [0.1, 0.15) is 23.2 Å². The number of aromatic nitrogens is 1. The third-order valence-electron chi connectivity index (χ3n) is 4.36. The fourth-order valence-electron chi connectivity index (χ4n) is 2.74. The summed E-state index contributed by atoms with van der Waals surface area (Å²) in [6.07, 6.45) is 0. The SMILES string of the molecule is COc1ccc(-c2nc(C(=O)N3CCS(=O)(=O)C(C)C3)c(C)o2)cc1. The Labute approximate surface area is 146 Å². The predicted molar refractivity (Wildman–Crippen MR) is 92.4 cm³/mol. The van der Waals surface area contributed by atoms with Gasteiger partial charge in [0.25, 0.3) is 5.91 Å². The molecule has 1 aliphatic heterocycles. The van der Waals surface area contributed by atoms with E-state index in [1.54, 1.807) is 45.2 Å². The van der Waals surface area contributed by atoms with Gasteiger partial charge in [-0.3, -0.25) is 4.79 Å². The van der Waals surface area contributed by atoms with Crippen molar-refractivity contribution in [2.75, 3.05) is 26.0 Å². The summed E-state index contributed by atoms with van der Waals surface area (Å²) in [5, 5.41) is -0.571. The van der Waals surface area contributed by atoms with E-state index in [1.165, 1.54) is 4.90 Å². The van der Waals surface area contributed by atoms with Gasteiger partial charge >= 0.3 is 0 Å². The first-order valence-corrected chi connectivity index (χ1v) is 9.66. The molecule has 2 aromatic rings. The highest BCUT2D eigenvalue weighted by atomic mass is 32.2. The second-order valence-electron chi connectivity index (χ2n) is 6.08. The summed E-state index contributed by atoms with van der Waals surface area (Å²) < 4.78 is 34.4. The molecule has 134 valence electrons. The molecule has 2 heterocycles. The molecule has 1 fully saturated rings. The third kappa shape index (κ3) is 3.39. The molecule has 1 aromatic carbocycles. The van der Waals surface area contributed by atoms with Crippen LogP contribution in [0.2, 0.25) is 0 Å². The fourth-order valence-corrected chi connectivity index (χ4v) is 4.02. The van der Waals surface area contributed by atoms with Gasteiger partial charge in [0.1, 0.15) is 11.5 Å². The third-order valence-corrected chi connectivity index (χ3v) is 6.49. The summed E-state index contributed by atoms with van der Waals surface area (Å²) in [6, 6.07) is 7.17. The van der Waals surface area contributed by atoms with Gasteiger partial charge in [-0.05, 0) is 38.1 Å². The van der Waals surface area contributed by atoms with E-state index in [9.17, 15) is 13.2 Å². The van der Waals surface area contributed by atoms with Gasteiger partial charge in [0, 0.05) is 18.7 Å². The van der Waals surface area contributed by atoms with E-state index in [0.29, 0.717) is 17.4 Å². The molecule has 7 nitrogen and oxygen atoms in total. The van der Waals surface area contributed by atoms with Crippen LogP contribution in [-0.4, -0.2) is 55.4 Å². The number of rotatable bonds is 3. The zero-order valence-electron chi connectivity index (χ0n) is 14.4. The standard InChI is InChI=1S/C17H20N2O5S/c1-11-10-19(8-9-25(11,21)22)17(20)15-12(2)24-16(18-15)13-4-6-14(23-3)7-5-13/h4-7,11H,8-10H2,1-3H3. The van der Waals surface area contributed by atoms with Crippen LogP contribution in [0.3, 0.4) is 0 Å². The highest BCUT2D eigenvalue weighted by Gasteiger charge is 2.33. The first kappa shape index (κ1) is 17.5. The maximum absolute atomic E-state index is 12.7. The van der Waals surface area contributed by atoms with Gasteiger partial charge in [-0.25, -0.2) is 13.4 Å². The lowest BCUT2D eigenvalue weighted by Gasteiger charge is -2.30. The van der Waals surface area contributed by atoms with Crippen molar-refractivity contribution in [1.82, 2.24) is 9.88 Å². The molecule has 1 aromatic heterocycles. The normalized spacial score (nSPS) is 19.6. The molecule has 25 heavy (non-hydrogen) atoms. The van der Waals surface area contributed by atoms with Crippen molar-refractivity contribution in [3.05, 3.63) is 35.7 Å². The van der Waals surface area contributed by atoms with Crippen LogP contribution in [0.25, 0.3) is 11.5 Å². The Hall–Kier alpha value is -2.35. The first-order chi connectivity index (χ1) is 11.8. The van der Waals surface area contributed by atoms with Crippen LogP contribution in [0.4, 0.5) is 0 Å². The minimum absolute atomic E-state index is 0.0257. The molecular formula is C17H20N2O5S. The number of aryl methyl sites for hydroxylation is 1. The molecule has 1 saturated heterocycles. The fraction of sp³-hybridized carbons (Fsp3) is 0.412. The van der Waals surface area contributed by atoms with E-state index < -0.39 is 15.1 Å². The Bertz CT molecular complexity index is 886. The molecule has 8 heteroatoms. The minimum atomic E-state index is -3.11. The number of carbonyl (C=O) groups is 1. The molecule has 0 bridgehead atoms. The van der Waals surface area contributed by atoms with Crippen LogP contribution >= 0.6 is 0 Å². The molecule has 0 spiro atoms. The maximum atomic E-state index is 12.7. The van der Waals surface area contributed by atoms with Gasteiger partial charge in [-0.15, -0.1) is 0 Å². The second kappa shape index (κ2) is 6.51. The van der Waals surface area contributed by atoms with Gasteiger partial charge in [-0.2, -0.15) is 0 Å². The molecule has 0 aliphatic carbocycles. The molecule has 1 amide bonds. The predicted octanol–water partition coefficient (Wildman–Crippen LogP) is 1.92. The summed E-state index contributed by atoms with van der Waals surface area (Å²) in [5.74, 6) is 1.15. The monoisotopic (exact) mass is 364 g/mol. The summed E-state index contributed by atoms with van der Waals surface area (Å²) in [6.45, 7) is 3.64. The number of oxazole rings is 1. The molecule has 1 aliphatic rings. The summed E-state index contributed by atoms with van der Waals surface area (Å²) in [4.78, 5) is 18.6. The number of sulfone groups is 1. The Balaban J connectivity index is 1.83. The highest BCUT2D eigenvalue weighted by Crippen LogP contribution is 2.25. The number of ether oxygens (including phenoxy) is 1. The topological polar surface area (TPSA) is 89.7 Å². The van der Waals surface area contributed by atoms with Crippen molar-refractivity contribution < 1.29 is 22.4 Å². The number of hydrogen-bond acceptors (Lipinski definition) is 6. The highest BCUT2D eigenvalue weighted by molar-refractivity contribution is 7.92. The van der Waals surface area contributed by atoms with Crippen molar-refractivity contribution in [1.29, 1.82) is 0 Å². The van der Waals surface area contributed by atoms with E-state index in [4.69, 9.17) is 9.15 Å². The second-order valence-corrected chi connectivity index (χ2v) is 8.62. The molecule has 0 saturated carbocycles. The summed E-state index contributed by atoms with van der Waals surface area (Å²) in [7, 11) is -1.53. The van der Waals surface area contributed by atoms with Gasteiger partial charge in [0.05, 0.1) is 18.1 Å². The summed E-state index contributed by atoms with van der Waals surface area (Å²) in [5.41, 5.74) is 0.954. The van der Waals surface area contributed by atoms with E-state index >= 15 is 0 Å². The van der Waals surface area contributed by atoms with E-state index in [0.717, 1.165) is 5.56 Å². The van der Waals surface area contributed by atoms with Crippen LogP contribution in [0.5, 0.6) is 5.75 Å². The quantitative estimate of drug-likeness (QED) is 0.826. The van der Waals surface area contributed by atoms with Gasteiger partial charge in [0.2, 0.25) is 5.89 Å². The van der Waals surface area contributed by atoms with Crippen molar-refractivity contribution in [3.8, 4) is 17.2 Å². The van der Waals surface area contributed by atoms with Crippen LogP contribution in [0.15, 0.2) is 28.7 Å². The average molecular weight is 364 g/mol. The van der Waals surface area contributed by atoms with Gasteiger partial charge in [-0.1, -0.05) is 0 Å². The smallest absolute Gasteiger partial charge is 0.276 e. The lowest BCUT2D eigenvalue weighted by molar-refractivity contribution is 0.0753. The first-order valence-electron chi connectivity index (χ1n) is 7.94. The molecule has 1 unspecified atom stereocenters. The largest absolute Gasteiger partial charge is 0.497 e. The number of methoxy groups -OCH3 is 1. The Morgan fingerprint density at radius 1 is 1.32 bits per heavy atom. The van der Waals surface area contributed by atoms with Crippen molar-refractivity contribution in [3.63, 3.8) is 0 Å². The Kier molecular flexibility index (Phi) is 4.55. The van der Waals surface area contributed by atoms with Crippen LogP contribution in [-0.2, 0) is 9.84 Å². The molecular weight excluding hydrogens is 344 g/mol. The average Bonchev–Trinajstić information content (AvgIpc) is 2.98. The Morgan fingerprint density at radius 3 is 2.60 bits per heavy atom. The number of hydrogen-bond donors (Lipinski definition) is 0. The van der Waals surface area contributed by atoms with E-state index in [-0.39, 0.29) is 30.4 Å². The molecule has 1 atom stereocenters. The van der Waals surface area contributed by atoms with E-state index in [2.05, 4.69) is 4.98 Å². The van der Waals surface area contributed by atoms with Crippen molar-refractivity contribution >= 4 is 15.7 Å². The van der Waals surface area contributed by atoms with E-state index in [1.807, 2.05) is 0 Å². The summed E-state index contributed by atoms with van der Waals surface area (Å²) >= 11 is 0. The van der Waals surface area contributed by atoms with Crippen molar-refractivity contribution in [2.24, 2.45) is 0 Å². The maximum Gasteiger partial charge on any atom is 0.276 e. The molecule has 3 rings (SSSR count). The number of benzene rings is 1. The van der Waals surface area contributed by atoms with Gasteiger partial charge in [0.15, 0.2) is 15.5 Å². The Morgan fingerprint density at radius 2 is 2.00 bits per heavy atom. The zero-order chi connectivity index (χ0) is 18.2. The molecule has 0 N–H and O–H groups in total.